The van der Waals surface area contributed by atoms with Gasteiger partial charge in [0.05, 0.1) is 6.54 Å². The molecule has 0 aliphatic heterocycles. The van der Waals surface area contributed by atoms with Crippen LogP contribution < -0.4 is 0 Å². The van der Waals surface area contributed by atoms with Gasteiger partial charge in [-0.15, -0.1) is 0 Å². The number of hydroxylamine groups is 2. The Balaban J connectivity index is 2.90. The van der Waals surface area contributed by atoms with Gasteiger partial charge in [-0.05, 0) is 34.8 Å². The molecule has 3 nitrogen and oxygen atoms in total. The van der Waals surface area contributed by atoms with E-state index in [4.69, 9.17) is 20.7 Å². The van der Waals surface area contributed by atoms with Crippen molar-refractivity contribution < 1.29 is 9.05 Å². The number of nitrogens with zero attached hydrogens (tertiary/aromatic N) is 1. The van der Waals surface area contributed by atoms with Crippen LogP contribution in [-0.2, 0) is 15.6 Å². The fourth-order valence-corrected chi connectivity index (χ4v) is 3.06. The molecule has 0 aromatic heterocycles. The summed E-state index contributed by atoms with van der Waals surface area (Å²) < 4.78 is 12.4. The van der Waals surface area contributed by atoms with Gasteiger partial charge < -0.3 is 9.05 Å². The average molecular weight is 372 g/mol. The zero-order chi connectivity index (χ0) is 17.8. The molecule has 0 saturated heterocycles. The van der Waals surface area contributed by atoms with E-state index in [1.165, 1.54) is 0 Å². The Morgan fingerprint density at radius 1 is 0.913 bits per heavy atom. The molecule has 2 radical (unpaired) electrons. The number of rotatable bonds is 6. The molecule has 23 heavy (non-hydrogen) atoms. The molecule has 0 amide bonds. The molecule has 1 rings (SSSR count). The summed E-state index contributed by atoms with van der Waals surface area (Å²) in [5.74, 6) is 0. The highest BCUT2D eigenvalue weighted by atomic mass is 35.5. The quantitative estimate of drug-likeness (QED) is 0.462. The molecule has 1 aromatic carbocycles. The van der Waals surface area contributed by atoms with Crippen molar-refractivity contribution in [2.24, 2.45) is 0 Å². The Morgan fingerprint density at radius 3 is 1.74 bits per heavy atom. The Morgan fingerprint density at radius 2 is 1.35 bits per heavy atom. The zero-order valence-electron chi connectivity index (χ0n) is 15.7. The van der Waals surface area contributed by atoms with E-state index in [9.17, 15) is 0 Å². The first-order valence-electron chi connectivity index (χ1n) is 7.96. The third-order valence-electron chi connectivity index (χ3n) is 3.85. The second-order valence-corrected chi connectivity index (χ2v) is 13.9. The average Bonchev–Trinajstić information content (AvgIpc) is 2.39. The summed E-state index contributed by atoms with van der Waals surface area (Å²) >= 11 is 6.30. The molecule has 0 fully saturated rings. The molecule has 130 valence electrons. The molecule has 0 aliphatic carbocycles. The van der Waals surface area contributed by atoms with E-state index in [0.29, 0.717) is 6.54 Å². The predicted octanol–water partition coefficient (Wildman–Crippen LogP) is 5.85. The Kier molecular flexibility index (Phi) is 7.50. The fraction of sp³-hybridized carbons (Fsp3) is 0.647. The molecule has 0 bridgehead atoms. The molecule has 6 heteroatoms. The van der Waals surface area contributed by atoms with Crippen LogP contribution >= 0.6 is 11.6 Å². The van der Waals surface area contributed by atoms with E-state index < -0.39 is 18.1 Å². The first kappa shape index (κ1) is 20.9. The third-order valence-corrected chi connectivity index (χ3v) is 9.40. The van der Waals surface area contributed by atoms with Gasteiger partial charge in [0.1, 0.15) is 0 Å². The van der Waals surface area contributed by atoms with E-state index in [0.717, 1.165) is 10.6 Å². The highest BCUT2D eigenvalue weighted by Crippen LogP contribution is 2.31. The molecule has 0 aliphatic rings. The van der Waals surface area contributed by atoms with Crippen LogP contribution in [0.2, 0.25) is 28.2 Å². The second kappa shape index (κ2) is 8.27. The minimum atomic E-state index is -1.05. The number of hydrogen-bond acceptors (Lipinski definition) is 3. The van der Waals surface area contributed by atoms with Crippen LogP contribution in [0.15, 0.2) is 24.3 Å². The van der Waals surface area contributed by atoms with Crippen molar-refractivity contribution in [2.75, 3.05) is 0 Å². The van der Waals surface area contributed by atoms with Crippen LogP contribution in [0, 0.1) is 0 Å². The number of hydrogen-bond donors (Lipinski definition) is 0. The van der Waals surface area contributed by atoms with Crippen LogP contribution in [0.25, 0.3) is 0 Å². The van der Waals surface area contributed by atoms with Gasteiger partial charge in [0, 0.05) is 5.02 Å². The summed E-state index contributed by atoms with van der Waals surface area (Å²) in [6, 6.07) is 7.84. The highest BCUT2D eigenvalue weighted by Gasteiger charge is 2.32. The van der Waals surface area contributed by atoms with E-state index >= 15 is 0 Å². The van der Waals surface area contributed by atoms with Gasteiger partial charge in [0.25, 0.3) is 0 Å². The van der Waals surface area contributed by atoms with Crippen molar-refractivity contribution in [3.05, 3.63) is 34.9 Å². The summed E-state index contributed by atoms with van der Waals surface area (Å²) in [4.78, 5) is 0. The molecular formula is C17H30ClNO2Si2. The van der Waals surface area contributed by atoms with Crippen molar-refractivity contribution in [2.45, 2.75) is 71.3 Å². The highest BCUT2D eigenvalue weighted by molar-refractivity contribution is 6.54. The van der Waals surface area contributed by atoms with Gasteiger partial charge in [0.2, 0.25) is 18.1 Å². The van der Waals surface area contributed by atoms with E-state index in [1.54, 1.807) is 5.23 Å². The summed E-state index contributed by atoms with van der Waals surface area (Å²) in [7, 11) is -2.10. The topological polar surface area (TPSA) is 21.7 Å². The molecule has 0 unspecified atom stereocenters. The van der Waals surface area contributed by atoms with Crippen molar-refractivity contribution in [1.82, 2.24) is 5.23 Å². The van der Waals surface area contributed by atoms with Gasteiger partial charge in [-0.2, -0.15) is 0 Å². The van der Waals surface area contributed by atoms with Crippen molar-refractivity contribution in [3.8, 4) is 0 Å². The molecule has 0 saturated carbocycles. The van der Waals surface area contributed by atoms with E-state index in [-0.39, 0.29) is 10.1 Å². The maximum absolute atomic E-state index is 6.30. The van der Waals surface area contributed by atoms with Crippen LogP contribution in [0.1, 0.15) is 47.1 Å². The Bertz CT molecular complexity index is 478. The minimum absolute atomic E-state index is 0.134. The SMILES string of the molecule is C[Si](ON(Cc1ccccc1Cl)O[Si](C)C(C)(C)C)C(C)(C)C. The zero-order valence-corrected chi connectivity index (χ0v) is 18.4. The minimum Gasteiger partial charge on any atom is -0.321 e. The molecule has 0 spiro atoms. The Labute approximate surface area is 150 Å². The molecular weight excluding hydrogens is 342 g/mol. The van der Waals surface area contributed by atoms with Gasteiger partial charge >= 0.3 is 0 Å². The standard InChI is InChI=1S/C17H30ClNO2Si2/c1-16(2,3)22(7)20-19(21-23(8)17(4,5)6)13-14-11-9-10-12-15(14)18/h9-12H,13H2,1-8H3. The maximum Gasteiger partial charge on any atom is 0.247 e. The van der Waals surface area contributed by atoms with Crippen molar-refractivity contribution >= 4 is 29.7 Å². The molecule has 0 N–H and O–H groups in total. The van der Waals surface area contributed by atoms with Crippen LogP contribution in [0.3, 0.4) is 0 Å². The van der Waals surface area contributed by atoms with Crippen molar-refractivity contribution in [1.29, 1.82) is 0 Å². The molecule has 0 atom stereocenters. The van der Waals surface area contributed by atoms with Crippen molar-refractivity contribution in [3.63, 3.8) is 0 Å². The summed E-state index contributed by atoms with van der Waals surface area (Å²) in [6.45, 7) is 18.1. The fourth-order valence-electron chi connectivity index (χ4n) is 1.43. The van der Waals surface area contributed by atoms with Crippen LogP contribution in [0.5, 0.6) is 0 Å². The Hall–Kier alpha value is -0.176. The summed E-state index contributed by atoms with van der Waals surface area (Å²) in [5, 5.41) is 2.69. The predicted molar refractivity (Wildman–Crippen MR) is 102 cm³/mol. The summed E-state index contributed by atoms with van der Waals surface area (Å²) in [5.41, 5.74) is 1.02. The van der Waals surface area contributed by atoms with Gasteiger partial charge in [-0.3, -0.25) is 0 Å². The largest absolute Gasteiger partial charge is 0.321 e. The second-order valence-electron chi connectivity index (χ2n) is 7.88. The van der Waals surface area contributed by atoms with E-state index in [2.05, 4.69) is 54.6 Å². The normalized spacial score (nSPS) is 13.4. The summed E-state index contributed by atoms with van der Waals surface area (Å²) in [6.07, 6.45) is 0. The number of halogens is 1. The lowest BCUT2D eigenvalue weighted by Crippen LogP contribution is -2.41. The van der Waals surface area contributed by atoms with Crippen LogP contribution in [-0.4, -0.2) is 23.3 Å². The molecule has 1 aromatic rings. The third kappa shape index (κ3) is 7.07. The smallest absolute Gasteiger partial charge is 0.247 e. The lowest BCUT2D eigenvalue weighted by Gasteiger charge is -2.35. The lowest BCUT2D eigenvalue weighted by atomic mass is 10.2. The van der Waals surface area contributed by atoms with Gasteiger partial charge in [0.15, 0.2) is 0 Å². The number of benzene rings is 1. The van der Waals surface area contributed by atoms with Gasteiger partial charge in [-0.25, -0.2) is 0 Å². The van der Waals surface area contributed by atoms with Gasteiger partial charge in [-0.1, -0.05) is 76.6 Å². The van der Waals surface area contributed by atoms with Crippen LogP contribution in [0.4, 0.5) is 0 Å². The van der Waals surface area contributed by atoms with E-state index in [1.807, 2.05) is 24.3 Å². The maximum atomic E-state index is 6.30. The first-order chi connectivity index (χ1) is 10.4. The lowest BCUT2D eigenvalue weighted by molar-refractivity contribution is -0.276. The molecule has 0 heterocycles. The first-order valence-corrected chi connectivity index (χ1v) is 12.2. The monoisotopic (exact) mass is 371 g/mol.